The third-order valence-electron chi connectivity index (χ3n) is 5.01. The molecule has 21 heavy (non-hydrogen) atoms. The fourth-order valence-corrected chi connectivity index (χ4v) is 3.67. The molecule has 2 unspecified atom stereocenters. The molecule has 0 aromatic heterocycles. The highest BCUT2D eigenvalue weighted by Crippen LogP contribution is 2.36. The molecule has 3 rings (SSSR count). The van der Waals surface area contributed by atoms with Crippen LogP contribution in [0.3, 0.4) is 0 Å². The van der Waals surface area contributed by atoms with Crippen LogP contribution in [0.1, 0.15) is 57.1 Å². The molecule has 1 fully saturated rings. The van der Waals surface area contributed by atoms with Crippen LogP contribution in [0, 0.1) is 5.92 Å². The zero-order chi connectivity index (χ0) is 14.7. The van der Waals surface area contributed by atoms with Gasteiger partial charge in [-0.2, -0.15) is 0 Å². The molecule has 2 N–H and O–H groups in total. The number of fused-ring (bicyclic) bond motifs is 1. The second-order valence-electron chi connectivity index (χ2n) is 6.82. The molecule has 1 heterocycles. The highest BCUT2D eigenvalue weighted by Gasteiger charge is 2.32. The SMILES string of the molecule is CC1COc2ccccc2C1NCC1(O)CCCCCC1. The first-order chi connectivity index (χ1) is 10.2. The van der Waals surface area contributed by atoms with E-state index < -0.39 is 5.60 Å². The number of rotatable bonds is 3. The van der Waals surface area contributed by atoms with E-state index in [4.69, 9.17) is 4.74 Å². The lowest BCUT2D eigenvalue weighted by Gasteiger charge is -2.35. The zero-order valence-electron chi connectivity index (χ0n) is 13.0. The minimum atomic E-state index is -0.524. The molecule has 0 amide bonds. The molecule has 3 nitrogen and oxygen atoms in total. The lowest BCUT2D eigenvalue weighted by Crippen LogP contribution is -2.44. The summed E-state index contributed by atoms with van der Waals surface area (Å²) in [7, 11) is 0. The van der Waals surface area contributed by atoms with Gasteiger partial charge < -0.3 is 15.2 Å². The van der Waals surface area contributed by atoms with Crippen molar-refractivity contribution in [3.05, 3.63) is 29.8 Å². The molecular weight excluding hydrogens is 262 g/mol. The minimum absolute atomic E-state index is 0.280. The Hall–Kier alpha value is -1.06. The third kappa shape index (κ3) is 3.41. The van der Waals surface area contributed by atoms with Gasteiger partial charge in [0.05, 0.1) is 12.2 Å². The van der Waals surface area contributed by atoms with Crippen molar-refractivity contribution in [2.45, 2.75) is 57.1 Å². The van der Waals surface area contributed by atoms with Gasteiger partial charge in [-0.05, 0) is 18.9 Å². The number of para-hydroxylation sites is 1. The quantitative estimate of drug-likeness (QED) is 0.838. The second-order valence-corrected chi connectivity index (χ2v) is 6.82. The Bertz CT molecular complexity index is 466. The number of aliphatic hydroxyl groups is 1. The molecule has 0 radical (unpaired) electrons. The van der Waals surface area contributed by atoms with Gasteiger partial charge in [0.1, 0.15) is 5.75 Å². The van der Waals surface area contributed by atoms with Crippen LogP contribution in [-0.4, -0.2) is 23.9 Å². The van der Waals surface area contributed by atoms with Crippen LogP contribution < -0.4 is 10.1 Å². The summed E-state index contributed by atoms with van der Waals surface area (Å²) in [4.78, 5) is 0. The van der Waals surface area contributed by atoms with E-state index in [1.165, 1.54) is 18.4 Å². The molecule has 2 aliphatic rings. The summed E-state index contributed by atoms with van der Waals surface area (Å²) in [5, 5.41) is 14.5. The summed E-state index contributed by atoms with van der Waals surface area (Å²) >= 11 is 0. The standard InChI is InChI=1S/C18H27NO2/c1-14-12-21-16-9-5-4-8-15(16)17(14)19-13-18(20)10-6-2-3-7-11-18/h4-5,8-9,14,17,19-20H,2-3,6-7,10-13H2,1H3. The molecule has 2 atom stereocenters. The van der Waals surface area contributed by atoms with Gasteiger partial charge >= 0.3 is 0 Å². The number of hydrogen-bond acceptors (Lipinski definition) is 3. The first-order valence-electron chi connectivity index (χ1n) is 8.35. The summed E-state index contributed by atoms with van der Waals surface area (Å²) < 4.78 is 5.80. The Morgan fingerprint density at radius 2 is 1.90 bits per heavy atom. The van der Waals surface area contributed by atoms with E-state index >= 15 is 0 Å². The van der Waals surface area contributed by atoms with Gasteiger partial charge in [-0.1, -0.05) is 50.8 Å². The summed E-state index contributed by atoms with van der Waals surface area (Å²) in [6, 6.07) is 8.54. The van der Waals surface area contributed by atoms with Crippen LogP contribution in [-0.2, 0) is 0 Å². The van der Waals surface area contributed by atoms with Crippen molar-refractivity contribution in [1.82, 2.24) is 5.32 Å². The van der Waals surface area contributed by atoms with Gasteiger partial charge in [-0.25, -0.2) is 0 Å². The molecule has 0 saturated heterocycles. The van der Waals surface area contributed by atoms with Gasteiger partial charge in [-0.15, -0.1) is 0 Å². The van der Waals surface area contributed by atoms with Gasteiger partial charge in [0.25, 0.3) is 0 Å². The van der Waals surface area contributed by atoms with Crippen LogP contribution in [0.2, 0.25) is 0 Å². The van der Waals surface area contributed by atoms with Crippen molar-refractivity contribution < 1.29 is 9.84 Å². The van der Waals surface area contributed by atoms with Crippen molar-refractivity contribution in [3.8, 4) is 5.75 Å². The Kier molecular flexibility index (Phi) is 4.51. The fourth-order valence-electron chi connectivity index (χ4n) is 3.67. The van der Waals surface area contributed by atoms with Crippen molar-refractivity contribution in [3.63, 3.8) is 0 Å². The molecule has 1 saturated carbocycles. The lowest BCUT2D eigenvalue weighted by molar-refractivity contribution is 0.0188. The Morgan fingerprint density at radius 1 is 1.19 bits per heavy atom. The normalized spacial score (nSPS) is 28.3. The molecule has 1 aromatic carbocycles. The summed E-state index contributed by atoms with van der Waals surface area (Å²) in [6.45, 7) is 3.65. The molecule has 0 spiro atoms. The molecule has 116 valence electrons. The first kappa shape index (κ1) is 14.9. The van der Waals surface area contributed by atoms with E-state index in [1.807, 2.05) is 12.1 Å². The van der Waals surface area contributed by atoms with E-state index in [2.05, 4.69) is 24.4 Å². The van der Waals surface area contributed by atoms with Crippen molar-refractivity contribution >= 4 is 0 Å². The molecule has 1 aliphatic heterocycles. The average molecular weight is 289 g/mol. The molecule has 1 aliphatic carbocycles. The molecule has 3 heteroatoms. The molecule has 0 bridgehead atoms. The largest absolute Gasteiger partial charge is 0.493 e. The Labute approximate surface area is 127 Å². The van der Waals surface area contributed by atoms with Crippen LogP contribution >= 0.6 is 0 Å². The van der Waals surface area contributed by atoms with E-state index in [1.54, 1.807) is 0 Å². The summed E-state index contributed by atoms with van der Waals surface area (Å²) in [6.07, 6.45) is 6.69. The zero-order valence-corrected chi connectivity index (χ0v) is 13.0. The van der Waals surface area contributed by atoms with Crippen LogP contribution in [0.15, 0.2) is 24.3 Å². The van der Waals surface area contributed by atoms with E-state index in [9.17, 15) is 5.11 Å². The van der Waals surface area contributed by atoms with E-state index in [0.29, 0.717) is 12.5 Å². The summed E-state index contributed by atoms with van der Waals surface area (Å²) in [5.41, 5.74) is 0.706. The van der Waals surface area contributed by atoms with Crippen LogP contribution in [0.25, 0.3) is 0 Å². The minimum Gasteiger partial charge on any atom is -0.493 e. The number of hydrogen-bond donors (Lipinski definition) is 2. The maximum atomic E-state index is 10.8. The van der Waals surface area contributed by atoms with Gasteiger partial charge in [0, 0.05) is 24.1 Å². The molecular formula is C18H27NO2. The highest BCUT2D eigenvalue weighted by atomic mass is 16.5. The number of benzene rings is 1. The predicted octanol–water partition coefficient (Wildman–Crippen LogP) is 3.43. The van der Waals surface area contributed by atoms with Crippen LogP contribution in [0.5, 0.6) is 5.75 Å². The monoisotopic (exact) mass is 289 g/mol. The van der Waals surface area contributed by atoms with Gasteiger partial charge in [0.15, 0.2) is 0 Å². The van der Waals surface area contributed by atoms with E-state index in [-0.39, 0.29) is 6.04 Å². The Morgan fingerprint density at radius 3 is 2.67 bits per heavy atom. The molecule has 1 aromatic rings. The van der Waals surface area contributed by atoms with Crippen molar-refractivity contribution in [2.75, 3.05) is 13.2 Å². The topological polar surface area (TPSA) is 41.5 Å². The second kappa shape index (κ2) is 6.37. The number of nitrogens with one attached hydrogen (secondary N) is 1. The Balaban J connectivity index is 1.69. The van der Waals surface area contributed by atoms with Gasteiger partial charge in [0.2, 0.25) is 0 Å². The third-order valence-corrected chi connectivity index (χ3v) is 5.01. The predicted molar refractivity (Wildman–Crippen MR) is 84.5 cm³/mol. The van der Waals surface area contributed by atoms with Gasteiger partial charge in [-0.3, -0.25) is 0 Å². The highest BCUT2D eigenvalue weighted by molar-refractivity contribution is 5.37. The lowest BCUT2D eigenvalue weighted by atomic mass is 9.89. The smallest absolute Gasteiger partial charge is 0.124 e. The fraction of sp³-hybridized carbons (Fsp3) is 0.667. The van der Waals surface area contributed by atoms with Crippen molar-refractivity contribution in [2.24, 2.45) is 5.92 Å². The van der Waals surface area contributed by atoms with E-state index in [0.717, 1.165) is 38.0 Å². The number of ether oxygens (including phenoxy) is 1. The first-order valence-corrected chi connectivity index (χ1v) is 8.35. The van der Waals surface area contributed by atoms with Crippen molar-refractivity contribution in [1.29, 1.82) is 0 Å². The average Bonchev–Trinajstić information content (AvgIpc) is 2.71. The summed E-state index contributed by atoms with van der Waals surface area (Å²) in [5.74, 6) is 1.41. The maximum Gasteiger partial charge on any atom is 0.124 e. The maximum absolute atomic E-state index is 10.8. The van der Waals surface area contributed by atoms with Crippen LogP contribution in [0.4, 0.5) is 0 Å².